The lowest BCUT2D eigenvalue weighted by Gasteiger charge is -2.20. The Kier molecular flexibility index (Phi) is 5.90. The normalized spacial score (nSPS) is 10.6. The summed E-state index contributed by atoms with van der Waals surface area (Å²) in [6.45, 7) is 2.04. The van der Waals surface area contributed by atoms with Crippen molar-refractivity contribution in [2.75, 3.05) is 0 Å². The van der Waals surface area contributed by atoms with Crippen LogP contribution in [0.2, 0.25) is 0 Å². The quantitative estimate of drug-likeness (QED) is 0.417. The zero-order valence-corrected chi connectivity index (χ0v) is 16.8. The molecule has 30 heavy (non-hydrogen) atoms. The molecule has 4 aromatic rings. The van der Waals surface area contributed by atoms with Crippen LogP contribution in [0, 0.1) is 6.92 Å². The van der Waals surface area contributed by atoms with Gasteiger partial charge in [-0.3, -0.25) is 4.79 Å². The Morgan fingerprint density at radius 1 is 0.667 bits per heavy atom. The summed E-state index contributed by atoms with van der Waals surface area (Å²) in [6.07, 6.45) is 0. The molecule has 0 heterocycles. The summed E-state index contributed by atoms with van der Waals surface area (Å²) < 4.78 is 5.86. The van der Waals surface area contributed by atoms with Gasteiger partial charge < -0.3 is 10.1 Å². The van der Waals surface area contributed by atoms with Crippen LogP contribution in [0.3, 0.4) is 0 Å². The first kappa shape index (κ1) is 19.5. The van der Waals surface area contributed by atoms with Crippen LogP contribution in [0.15, 0.2) is 109 Å². The smallest absolute Gasteiger partial charge is 0.252 e. The lowest BCUT2D eigenvalue weighted by molar-refractivity contribution is 0.0943. The molecule has 1 amide bonds. The number of benzene rings is 4. The first-order valence-electron chi connectivity index (χ1n) is 9.94. The van der Waals surface area contributed by atoms with Gasteiger partial charge >= 0.3 is 0 Å². The van der Waals surface area contributed by atoms with Gasteiger partial charge in [0.2, 0.25) is 0 Å². The van der Waals surface area contributed by atoms with Gasteiger partial charge in [-0.2, -0.15) is 0 Å². The molecule has 0 bridgehead atoms. The third-order valence-corrected chi connectivity index (χ3v) is 4.91. The molecular formula is C27H23NO2. The summed E-state index contributed by atoms with van der Waals surface area (Å²) in [7, 11) is 0. The van der Waals surface area contributed by atoms with Crippen molar-refractivity contribution in [2.45, 2.75) is 13.0 Å². The van der Waals surface area contributed by atoms with Crippen molar-refractivity contribution in [3.63, 3.8) is 0 Å². The highest BCUT2D eigenvalue weighted by molar-refractivity contribution is 5.94. The number of hydrogen-bond donors (Lipinski definition) is 1. The summed E-state index contributed by atoms with van der Waals surface area (Å²) in [5.41, 5.74) is 3.84. The number of nitrogens with one attached hydrogen (secondary N) is 1. The third kappa shape index (κ3) is 4.76. The lowest BCUT2D eigenvalue weighted by Crippen LogP contribution is -2.29. The highest BCUT2D eigenvalue weighted by Crippen LogP contribution is 2.24. The molecule has 148 valence electrons. The van der Waals surface area contributed by atoms with Crippen LogP contribution in [0.1, 0.15) is 33.1 Å². The second-order valence-electron chi connectivity index (χ2n) is 7.17. The molecule has 0 aliphatic carbocycles. The largest absolute Gasteiger partial charge is 0.457 e. The van der Waals surface area contributed by atoms with Crippen molar-refractivity contribution < 1.29 is 9.53 Å². The van der Waals surface area contributed by atoms with Gasteiger partial charge in [0.05, 0.1) is 6.04 Å². The molecule has 0 saturated carbocycles. The molecule has 3 nitrogen and oxygen atoms in total. The van der Waals surface area contributed by atoms with Crippen molar-refractivity contribution in [3.05, 3.63) is 131 Å². The Balaban J connectivity index is 1.50. The van der Waals surface area contributed by atoms with Gasteiger partial charge in [-0.15, -0.1) is 0 Å². The highest BCUT2D eigenvalue weighted by Gasteiger charge is 2.17. The average Bonchev–Trinajstić information content (AvgIpc) is 2.80. The van der Waals surface area contributed by atoms with E-state index in [-0.39, 0.29) is 11.9 Å². The zero-order valence-electron chi connectivity index (χ0n) is 16.8. The van der Waals surface area contributed by atoms with Gasteiger partial charge in [0.25, 0.3) is 5.91 Å². The van der Waals surface area contributed by atoms with Gasteiger partial charge in [0, 0.05) is 5.56 Å². The van der Waals surface area contributed by atoms with Crippen molar-refractivity contribution >= 4 is 5.91 Å². The van der Waals surface area contributed by atoms with Crippen LogP contribution < -0.4 is 10.1 Å². The summed E-state index contributed by atoms with van der Waals surface area (Å²) in [6, 6.07) is 34.8. The van der Waals surface area contributed by atoms with E-state index in [9.17, 15) is 4.79 Å². The maximum Gasteiger partial charge on any atom is 0.252 e. The van der Waals surface area contributed by atoms with E-state index in [2.05, 4.69) is 5.32 Å². The predicted molar refractivity (Wildman–Crippen MR) is 120 cm³/mol. The topological polar surface area (TPSA) is 38.3 Å². The van der Waals surface area contributed by atoms with E-state index >= 15 is 0 Å². The maximum absolute atomic E-state index is 13.0. The van der Waals surface area contributed by atoms with Gasteiger partial charge in [-0.1, -0.05) is 78.4 Å². The van der Waals surface area contributed by atoms with E-state index in [1.165, 1.54) is 5.56 Å². The fourth-order valence-corrected chi connectivity index (χ4v) is 3.28. The van der Waals surface area contributed by atoms with E-state index in [1.54, 1.807) is 12.1 Å². The van der Waals surface area contributed by atoms with E-state index in [4.69, 9.17) is 4.74 Å². The molecule has 0 unspecified atom stereocenters. The van der Waals surface area contributed by atoms with E-state index in [1.807, 2.05) is 104 Å². The van der Waals surface area contributed by atoms with Crippen molar-refractivity contribution in [3.8, 4) is 11.5 Å². The minimum absolute atomic E-state index is 0.130. The Morgan fingerprint density at radius 3 is 1.63 bits per heavy atom. The molecule has 0 atom stereocenters. The first-order chi connectivity index (χ1) is 14.7. The Morgan fingerprint density at radius 2 is 1.13 bits per heavy atom. The van der Waals surface area contributed by atoms with Crippen LogP contribution in [-0.4, -0.2) is 5.91 Å². The summed E-state index contributed by atoms with van der Waals surface area (Å²) >= 11 is 0. The predicted octanol–water partition coefficient (Wildman–Crippen LogP) is 6.31. The molecule has 0 aliphatic heterocycles. The highest BCUT2D eigenvalue weighted by atomic mass is 16.5. The molecule has 0 saturated heterocycles. The SMILES string of the molecule is Cc1ccc(Oc2ccc(C(=O)NC(c3ccccc3)c3ccccc3)cc2)cc1. The second-order valence-corrected chi connectivity index (χ2v) is 7.17. The molecule has 4 aromatic carbocycles. The third-order valence-electron chi connectivity index (χ3n) is 4.91. The van der Waals surface area contributed by atoms with Crippen LogP contribution in [-0.2, 0) is 0 Å². The molecule has 0 aliphatic rings. The first-order valence-corrected chi connectivity index (χ1v) is 9.94. The number of carbonyl (C=O) groups is 1. The standard InChI is InChI=1S/C27H23NO2/c1-20-12-16-24(17-13-20)30-25-18-14-23(15-19-25)27(29)28-26(21-8-4-2-5-9-21)22-10-6-3-7-11-22/h2-19,26H,1H3,(H,28,29). The van der Waals surface area contributed by atoms with Gasteiger partial charge in [0.15, 0.2) is 0 Å². The molecule has 0 aromatic heterocycles. The molecule has 0 radical (unpaired) electrons. The average molecular weight is 393 g/mol. The molecule has 4 rings (SSSR count). The van der Waals surface area contributed by atoms with E-state index in [0.717, 1.165) is 16.9 Å². The molecule has 1 N–H and O–H groups in total. The zero-order chi connectivity index (χ0) is 20.8. The molecule has 0 spiro atoms. The van der Waals surface area contributed by atoms with Crippen molar-refractivity contribution in [1.82, 2.24) is 5.32 Å². The Bertz CT molecular complexity index is 1050. The maximum atomic E-state index is 13.0. The van der Waals surface area contributed by atoms with Gasteiger partial charge in [0.1, 0.15) is 11.5 Å². The molecule has 3 heteroatoms. The number of amides is 1. The Labute approximate surface area is 177 Å². The van der Waals surface area contributed by atoms with Gasteiger partial charge in [-0.25, -0.2) is 0 Å². The summed E-state index contributed by atoms with van der Waals surface area (Å²) in [5.74, 6) is 1.33. The second kappa shape index (κ2) is 9.10. The van der Waals surface area contributed by atoms with Crippen molar-refractivity contribution in [2.24, 2.45) is 0 Å². The van der Waals surface area contributed by atoms with Gasteiger partial charge in [-0.05, 0) is 54.4 Å². The van der Waals surface area contributed by atoms with E-state index < -0.39 is 0 Å². The molecule has 0 fully saturated rings. The number of rotatable bonds is 6. The van der Waals surface area contributed by atoms with E-state index in [0.29, 0.717) is 11.3 Å². The number of aryl methyl sites for hydroxylation is 1. The fraction of sp³-hybridized carbons (Fsp3) is 0.0741. The van der Waals surface area contributed by atoms with Crippen LogP contribution in [0.25, 0.3) is 0 Å². The minimum Gasteiger partial charge on any atom is -0.457 e. The summed E-state index contributed by atoms with van der Waals surface area (Å²) in [4.78, 5) is 13.0. The van der Waals surface area contributed by atoms with Crippen LogP contribution >= 0.6 is 0 Å². The summed E-state index contributed by atoms with van der Waals surface area (Å²) in [5, 5.41) is 3.16. The fourth-order valence-electron chi connectivity index (χ4n) is 3.28. The lowest BCUT2D eigenvalue weighted by atomic mass is 9.98. The Hall–Kier alpha value is -3.85. The monoisotopic (exact) mass is 393 g/mol. The number of carbonyl (C=O) groups excluding carboxylic acids is 1. The number of ether oxygens (including phenoxy) is 1. The number of hydrogen-bond acceptors (Lipinski definition) is 2. The van der Waals surface area contributed by atoms with Crippen LogP contribution in [0.4, 0.5) is 0 Å². The molecular weight excluding hydrogens is 370 g/mol. The van der Waals surface area contributed by atoms with Crippen molar-refractivity contribution in [1.29, 1.82) is 0 Å². The van der Waals surface area contributed by atoms with Crippen LogP contribution in [0.5, 0.6) is 11.5 Å². The minimum atomic E-state index is -0.219.